The average molecular weight is 253 g/mol. The molecule has 0 saturated carbocycles. The molecule has 1 aliphatic rings. The van der Waals surface area contributed by atoms with Gasteiger partial charge in [-0.2, -0.15) is 0 Å². The second kappa shape index (κ2) is 5.41. The van der Waals surface area contributed by atoms with Gasteiger partial charge in [0.15, 0.2) is 0 Å². The van der Waals surface area contributed by atoms with E-state index in [0.29, 0.717) is 0 Å². The van der Waals surface area contributed by atoms with Crippen molar-refractivity contribution in [3.05, 3.63) is 48.2 Å². The Hall–Kier alpha value is -1.87. The first kappa shape index (κ1) is 12.2. The number of pyridine rings is 1. The van der Waals surface area contributed by atoms with E-state index in [1.54, 1.807) is 0 Å². The van der Waals surface area contributed by atoms with Gasteiger partial charge < -0.3 is 10.2 Å². The van der Waals surface area contributed by atoms with Gasteiger partial charge in [0.1, 0.15) is 5.82 Å². The number of hydrogen-bond donors (Lipinski definition) is 1. The summed E-state index contributed by atoms with van der Waals surface area (Å²) in [5.74, 6) is 1.08. The predicted octanol–water partition coefficient (Wildman–Crippen LogP) is 2.47. The van der Waals surface area contributed by atoms with Crippen LogP contribution in [0.3, 0.4) is 0 Å². The summed E-state index contributed by atoms with van der Waals surface area (Å²) in [6, 6.07) is 12.7. The second-order valence-electron chi connectivity index (χ2n) is 4.96. The molecule has 1 N–H and O–H groups in total. The molecule has 3 nitrogen and oxygen atoms in total. The van der Waals surface area contributed by atoms with Gasteiger partial charge in [0.2, 0.25) is 0 Å². The van der Waals surface area contributed by atoms with E-state index in [0.717, 1.165) is 32.0 Å². The number of aryl methyl sites for hydroxylation is 1. The van der Waals surface area contributed by atoms with Crippen LogP contribution >= 0.6 is 0 Å². The van der Waals surface area contributed by atoms with E-state index < -0.39 is 0 Å². The van der Waals surface area contributed by atoms with Gasteiger partial charge in [0.25, 0.3) is 0 Å². The van der Waals surface area contributed by atoms with Crippen molar-refractivity contribution in [2.75, 3.05) is 31.1 Å². The van der Waals surface area contributed by atoms with Crippen LogP contribution in [0.1, 0.15) is 5.56 Å². The lowest BCUT2D eigenvalue weighted by molar-refractivity contribution is 0.585. The van der Waals surface area contributed by atoms with Gasteiger partial charge in [-0.1, -0.05) is 24.3 Å². The lowest BCUT2D eigenvalue weighted by Crippen LogP contribution is -2.43. The van der Waals surface area contributed by atoms with Crippen molar-refractivity contribution in [2.45, 2.75) is 6.92 Å². The molecule has 1 saturated heterocycles. The third-order valence-corrected chi connectivity index (χ3v) is 3.64. The summed E-state index contributed by atoms with van der Waals surface area (Å²) < 4.78 is 0. The lowest BCUT2D eigenvalue weighted by Gasteiger charge is -2.28. The molecule has 2 heterocycles. The average Bonchev–Trinajstić information content (AvgIpc) is 2.49. The highest BCUT2D eigenvalue weighted by atomic mass is 15.2. The second-order valence-corrected chi connectivity index (χ2v) is 4.96. The number of piperazine rings is 1. The number of rotatable bonds is 2. The fourth-order valence-electron chi connectivity index (χ4n) is 2.52. The molecule has 1 fully saturated rings. The van der Waals surface area contributed by atoms with E-state index in [1.807, 2.05) is 6.20 Å². The molecule has 1 aromatic heterocycles. The molecule has 3 rings (SSSR count). The minimum Gasteiger partial charge on any atom is -0.354 e. The topological polar surface area (TPSA) is 28.2 Å². The summed E-state index contributed by atoms with van der Waals surface area (Å²) >= 11 is 0. The zero-order chi connectivity index (χ0) is 13.1. The first-order valence-electron chi connectivity index (χ1n) is 6.82. The fourth-order valence-corrected chi connectivity index (χ4v) is 2.52. The summed E-state index contributed by atoms with van der Waals surface area (Å²) in [6.07, 6.45) is 1.99. The van der Waals surface area contributed by atoms with Gasteiger partial charge in [-0.3, -0.25) is 0 Å². The Balaban J connectivity index is 1.84. The molecular weight excluding hydrogens is 234 g/mol. The Kier molecular flexibility index (Phi) is 3.47. The first-order chi connectivity index (χ1) is 9.34. The number of nitrogens with zero attached hydrogens (tertiary/aromatic N) is 2. The van der Waals surface area contributed by atoms with Crippen molar-refractivity contribution < 1.29 is 0 Å². The van der Waals surface area contributed by atoms with Crippen molar-refractivity contribution >= 4 is 5.82 Å². The maximum atomic E-state index is 4.62. The van der Waals surface area contributed by atoms with Gasteiger partial charge in [-0.15, -0.1) is 0 Å². The van der Waals surface area contributed by atoms with E-state index >= 15 is 0 Å². The molecule has 0 aliphatic carbocycles. The van der Waals surface area contributed by atoms with Crippen molar-refractivity contribution in [3.63, 3.8) is 0 Å². The third-order valence-electron chi connectivity index (χ3n) is 3.64. The van der Waals surface area contributed by atoms with Crippen LogP contribution in [0.25, 0.3) is 11.1 Å². The van der Waals surface area contributed by atoms with Crippen LogP contribution in [-0.2, 0) is 0 Å². The molecule has 3 heteroatoms. The summed E-state index contributed by atoms with van der Waals surface area (Å²) in [5.41, 5.74) is 3.75. The van der Waals surface area contributed by atoms with Crippen molar-refractivity contribution in [2.24, 2.45) is 0 Å². The Morgan fingerprint density at radius 2 is 1.84 bits per heavy atom. The summed E-state index contributed by atoms with van der Waals surface area (Å²) in [5, 5.41) is 3.36. The summed E-state index contributed by atoms with van der Waals surface area (Å²) in [7, 11) is 0. The minimum atomic E-state index is 1.04. The molecule has 2 aromatic rings. The molecule has 1 aliphatic heterocycles. The van der Waals surface area contributed by atoms with E-state index in [9.17, 15) is 0 Å². The lowest BCUT2D eigenvalue weighted by atomic mass is 10.0. The maximum Gasteiger partial charge on any atom is 0.128 e. The van der Waals surface area contributed by atoms with Gasteiger partial charge in [0, 0.05) is 37.9 Å². The predicted molar refractivity (Wildman–Crippen MR) is 79.5 cm³/mol. The minimum absolute atomic E-state index is 1.04. The van der Waals surface area contributed by atoms with Crippen molar-refractivity contribution in [3.8, 4) is 11.1 Å². The van der Waals surface area contributed by atoms with Crippen LogP contribution in [-0.4, -0.2) is 31.2 Å². The zero-order valence-electron chi connectivity index (χ0n) is 11.3. The number of hydrogen-bond acceptors (Lipinski definition) is 3. The van der Waals surface area contributed by atoms with E-state index in [-0.39, 0.29) is 0 Å². The number of anilines is 1. The molecule has 0 spiro atoms. The maximum absolute atomic E-state index is 4.62. The first-order valence-corrected chi connectivity index (χ1v) is 6.82. The summed E-state index contributed by atoms with van der Waals surface area (Å²) in [6.45, 7) is 6.30. The molecule has 0 bridgehead atoms. The van der Waals surface area contributed by atoms with Gasteiger partial charge in [0.05, 0.1) is 0 Å². The Morgan fingerprint density at radius 3 is 2.53 bits per heavy atom. The Labute approximate surface area is 114 Å². The normalized spacial score (nSPS) is 15.5. The molecule has 98 valence electrons. The van der Waals surface area contributed by atoms with Gasteiger partial charge >= 0.3 is 0 Å². The number of benzene rings is 1. The monoisotopic (exact) mass is 253 g/mol. The molecule has 19 heavy (non-hydrogen) atoms. The summed E-state index contributed by atoms with van der Waals surface area (Å²) in [4.78, 5) is 6.95. The molecule has 0 amide bonds. The zero-order valence-corrected chi connectivity index (χ0v) is 11.3. The third kappa shape index (κ3) is 2.61. The largest absolute Gasteiger partial charge is 0.354 e. The Morgan fingerprint density at radius 1 is 1.05 bits per heavy atom. The van der Waals surface area contributed by atoms with Crippen LogP contribution in [0.2, 0.25) is 0 Å². The SMILES string of the molecule is Cc1ccccc1-c1ccc(N2CCNCC2)nc1. The van der Waals surface area contributed by atoms with Crippen molar-refractivity contribution in [1.29, 1.82) is 0 Å². The quantitative estimate of drug-likeness (QED) is 0.891. The molecule has 1 aromatic carbocycles. The highest BCUT2D eigenvalue weighted by Gasteiger charge is 2.11. The van der Waals surface area contributed by atoms with Crippen LogP contribution in [0.4, 0.5) is 5.82 Å². The standard InChI is InChI=1S/C16H19N3/c1-13-4-2-3-5-15(13)14-6-7-16(18-12-14)19-10-8-17-9-11-19/h2-7,12,17H,8-11H2,1H3. The number of aromatic nitrogens is 1. The van der Waals surface area contributed by atoms with Crippen LogP contribution in [0.5, 0.6) is 0 Å². The van der Waals surface area contributed by atoms with E-state index in [1.165, 1.54) is 16.7 Å². The van der Waals surface area contributed by atoms with Crippen LogP contribution < -0.4 is 10.2 Å². The highest BCUT2D eigenvalue weighted by Crippen LogP contribution is 2.24. The van der Waals surface area contributed by atoms with Gasteiger partial charge in [-0.25, -0.2) is 4.98 Å². The number of nitrogens with one attached hydrogen (secondary N) is 1. The van der Waals surface area contributed by atoms with Crippen LogP contribution in [0, 0.1) is 6.92 Å². The molecule has 0 atom stereocenters. The molecular formula is C16H19N3. The molecule has 0 radical (unpaired) electrons. The Bertz CT molecular complexity index is 542. The van der Waals surface area contributed by atoms with Crippen molar-refractivity contribution in [1.82, 2.24) is 10.3 Å². The highest BCUT2D eigenvalue weighted by molar-refractivity contribution is 5.67. The van der Waals surface area contributed by atoms with Gasteiger partial charge in [-0.05, 0) is 30.2 Å². The van der Waals surface area contributed by atoms with E-state index in [4.69, 9.17) is 0 Å². The smallest absolute Gasteiger partial charge is 0.128 e. The molecule has 0 unspecified atom stereocenters. The van der Waals surface area contributed by atoms with E-state index in [2.05, 4.69) is 58.5 Å². The van der Waals surface area contributed by atoms with Crippen LogP contribution in [0.15, 0.2) is 42.6 Å². The fraction of sp³-hybridized carbons (Fsp3) is 0.312.